The second-order valence-electron chi connectivity index (χ2n) is 6.18. The fourth-order valence-electron chi connectivity index (χ4n) is 2.87. The molecule has 1 N–H and O–H groups in total. The van der Waals surface area contributed by atoms with Gasteiger partial charge in [-0.3, -0.25) is 4.79 Å². The monoisotopic (exact) mass is 406 g/mol. The molecule has 4 aromatic rings. The van der Waals surface area contributed by atoms with Crippen LogP contribution in [0.25, 0.3) is 21.5 Å². The smallest absolute Gasteiger partial charge is 0.339 e. The summed E-state index contributed by atoms with van der Waals surface area (Å²) in [7, 11) is 0. The Balaban J connectivity index is 1.54. The minimum atomic E-state index is -0.629. The molecule has 7 heteroatoms. The molecule has 0 aliphatic carbocycles. The van der Waals surface area contributed by atoms with Crippen molar-refractivity contribution in [2.24, 2.45) is 0 Å². The van der Waals surface area contributed by atoms with Crippen molar-refractivity contribution in [2.45, 2.75) is 0 Å². The van der Waals surface area contributed by atoms with E-state index in [1.807, 2.05) is 35.7 Å². The number of hydrogen-bond donors (Lipinski definition) is 1. The highest BCUT2D eigenvalue weighted by Crippen LogP contribution is 2.28. The van der Waals surface area contributed by atoms with Crippen molar-refractivity contribution < 1.29 is 18.7 Å². The van der Waals surface area contributed by atoms with Crippen LogP contribution < -0.4 is 5.32 Å². The predicted octanol–water partition coefficient (Wildman–Crippen LogP) is 4.90. The van der Waals surface area contributed by atoms with Crippen molar-refractivity contribution in [1.82, 2.24) is 4.98 Å². The zero-order chi connectivity index (χ0) is 20.2. The first-order valence-corrected chi connectivity index (χ1v) is 9.64. The van der Waals surface area contributed by atoms with Gasteiger partial charge >= 0.3 is 5.97 Å². The van der Waals surface area contributed by atoms with Gasteiger partial charge in [0, 0.05) is 11.1 Å². The van der Waals surface area contributed by atoms with E-state index in [1.54, 1.807) is 18.2 Å². The quantitative estimate of drug-likeness (QED) is 0.479. The molecule has 2 aromatic carbocycles. The Morgan fingerprint density at radius 3 is 2.69 bits per heavy atom. The molecule has 1 amide bonds. The van der Waals surface area contributed by atoms with Gasteiger partial charge in [-0.1, -0.05) is 30.3 Å². The number of halogens is 1. The summed E-state index contributed by atoms with van der Waals surface area (Å²) < 4.78 is 18.4. The number of carbonyl (C=O) groups excluding carboxylic acids is 2. The van der Waals surface area contributed by atoms with Gasteiger partial charge in [-0.25, -0.2) is 14.2 Å². The summed E-state index contributed by atoms with van der Waals surface area (Å²) in [6.07, 6.45) is 0. The van der Waals surface area contributed by atoms with Crippen LogP contribution in [0.5, 0.6) is 0 Å². The second-order valence-corrected chi connectivity index (χ2v) is 7.13. The lowest BCUT2D eigenvalue weighted by Gasteiger charge is -2.10. The molecule has 2 aromatic heterocycles. The molecule has 4 rings (SSSR count). The van der Waals surface area contributed by atoms with Crippen molar-refractivity contribution in [3.8, 4) is 10.6 Å². The normalized spacial score (nSPS) is 10.7. The zero-order valence-electron chi connectivity index (χ0n) is 15.1. The molecule has 0 fully saturated rings. The van der Waals surface area contributed by atoms with Crippen molar-refractivity contribution >= 4 is 39.8 Å². The third kappa shape index (κ3) is 4.30. The Morgan fingerprint density at radius 1 is 1.03 bits per heavy atom. The maximum Gasteiger partial charge on any atom is 0.339 e. The van der Waals surface area contributed by atoms with E-state index in [0.717, 1.165) is 4.88 Å². The largest absolute Gasteiger partial charge is 0.452 e. The number of benzene rings is 2. The average molecular weight is 406 g/mol. The number of pyridine rings is 1. The molecule has 2 heterocycles. The standard InChI is InChI=1S/C22H15FN2O3S/c23-14-5-3-6-15(11-14)24-21(26)13-28-22(27)17-12-19(20-9-4-10-29-20)25-18-8-2-1-7-16(17)18/h1-12H,13H2,(H,24,26). The lowest BCUT2D eigenvalue weighted by atomic mass is 10.1. The number of ether oxygens (including phenoxy) is 1. The third-order valence-electron chi connectivity index (χ3n) is 4.15. The van der Waals surface area contributed by atoms with Crippen LogP contribution in [0, 0.1) is 5.82 Å². The van der Waals surface area contributed by atoms with E-state index in [2.05, 4.69) is 10.3 Å². The zero-order valence-corrected chi connectivity index (χ0v) is 15.9. The molecule has 144 valence electrons. The van der Waals surface area contributed by atoms with Crippen LogP contribution in [0.15, 0.2) is 72.1 Å². The molecule has 0 aliphatic rings. The molecule has 0 saturated carbocycles. The van der Waals surface area contributed by atoms with Crippen molar-refractivity contribution in [1.29, 1.82) is 0 Å². The van der Waals surface area contributed by atoms with Gasteiger partial charge in [0.15, 0.2) is 6.61 Å². The lowest BCUT2D eigenvalue weighted by molar-refractivity contribution is -0.119. The number of nitrogens with one attached hydrogen (secondary N) is 1. The van der Waals surface area contributed by atoms with Gasteiger partial charge in [-0.05, 0) is 41.8 Å². The lowest BCUT2D eigenvalue weighted by Crippen LogP contribution is -2.21. The third-order valence-corrected chi connectivity index (χ3v) is 5.04. The van der Waals surface area contributed by atoms with E-state index < -0.39 is 24.3 Å². The minimum Gasteiger partial charge on any atom is -0.452 e. The van der Waals surface area contributed by atoms with Crippen LogP contribution >= 0.6 is 11.3 Å². The van der Waals surface area contributed by atoms with Gasteiger partial charge in [-0.2, -0.15) is 0 Å². The number of esters is 1. The van der Waals surface area contributed by atoms with Crippen LogP contribution in [-0.4, -0.2) is 23.5 Å². The second kappa shape index (κ2) is 8.20. The number of amides is 1. The summed E-state index contributed by atoms with van der Waals surface area (Å²) in [5, 5.41) is 5.07. The molecule has 0 spiro atoms. The highest BCUT2D eigenvalue weighted by Gasteiger charge is 2.17. The first-order chi connectivity index (χ1) is 14.1. The minimum absolute atomic E-state index is 0.292. The Kier molecular flexibility index (Phi) is 5.31. The first-order valence-electron chi connectivity index (χ1n) is 8.76. The molecule has 0 radical (unpaired) electrons. The number of hydrogen-bond acceptors (Lipinski definition) is 5. The Hall–Kier alpha value is -3.58. The van der Waals surface area contributed by atoms with Crippen LogP contribution in [-0.2, 0) is 9.53 Å². The van der Waals surface area contributed by atoms with E-state index in [-0.39, 0.29) is 0 Å². The highest BCUT2D eigenvalue weighted by atomic mass is 32.1. The number of fused-ring (bicyclic) bond motifs is 1. The molecular weight excluding hydrogens is 391 g/mol. The van der Waals surface area contributed by atoms with E-state index in [4.69, 9.17) is 4.74 Å². The molecule has 0 bridgehead atoms. The maximum absolute atomic E-state index is 13.2. The van der Waals surface area contributed by atoms with Gasteiger partial charge < -0.3 is 10.1 Å². The summed E-state index contributed by atoms with van der Waals surface area (Å²) in [6.45, 7) is -0.486. The molecule has 5 nitrogen and oxygen atoms in total. The summed E-state index contributed by atoms with van der Waals surface area (Å²) in [4.78, 5) is 30.3. The van der Waals surface area contributed by atoms with E-state index >= 15 is 0 Å². The van der Waals surface area contributed by atoms with E-state index in [1.165, 1.54) is 29.5 Å². The Labute approximate surface area is 169 Å². The van der Waals surface area contributed by atoms with Gasteiger partial charge in [0.05, 0.1) is 21.7 Å². The SMILES string of the molecule is O=C(COC(=O)c1cc(-c2cccs2)nc2ccccc12)Nc1cccc(F)c1. The van der Waals surface area contributed by atoms with Crippen molar-refractivity contribution in [3.05, 3.63) is 83.5 Å². The molecule has 0 atom stereocenters. The van der Waals surface area contributed by atoms with Gasteiger partial charge in [0.25, 0.3) is 5.91 Å². The maximum atomic E-state index is 13.2. The summed E-state index contributed by atoms with van der Waals surface area (Å²) in [5.41, 5.74) is 1.95. The number of nitrogens with zero attached hydrogens (tertiary/aromatic N) is 1. The van der Waals surface area contributed by atoms with E-state index in [0.29, 0.717) is 27.8 Å². The van der Waals surface area contributed by atoms with Gasteiger partial charge in [0.2, 0.25) is 0 Å². The molecule has 0 unspecified atom stereocenters. The number of rotatable bonds is 5. The van der Waals surface area contributed by atoms with Gasteiger partial charge in [0.1, 0.15) is 5.82 Å². The first kappa shape index (κ1) is 18.8. The summed E-state index contributed by atoms with van der Waals surface area (Å²) in [5.74, 6) is -1.65. The van der Waals surface area contributed by atoms with Crippen LogP contribution in [0.1, 0.15) is 10.4 Å². The predicted molar refractivity (Wildman–Crippen MR) is 110 cm³/mol. The van der Waals surface area contributed by atoms with Crippen LogP contribution in [0.2, 0.25) is 0 Å². The summed E-state index contributed by atoms with van der Waals surface area (Å²) in [6, 6.07) is 18.2. The van der Waals surface area contributed by atoms with Crippen molar-refractivity contribution in [2.75, 3.05) is 11.9 Å². The van der Waals surface area contributed by atoms with E-state index in [9.17, 15) is 14.0 Å². The van der Waals surface area contributed by atoms with Crippen LogP contribution in [0.4, 0.5) is 10.1 Å². The number of thiophene rings is 1. The average Bonchev–Trinajstić information content (AvgIpc) is 3.26. The van der Waals surface area contributed by atoms with Crippen LogP contribution in [0.3, 0.4) is 0 Å². The molecule has 29 heavy (non-hydrogen) atoms. The Bertz CT molecular complexity index is 1190. The number of para-hydroxylation sites is 1. The number of aromatic nitrogens is 1. The topological polar surface area (TPSA) is 68.3 Å². The fourth-order valence-corrected chi connectivity index (χ4v) is 3.55. The van der Waals surface area contributed by atoms with Crippen molar-refractivity contribution in [3.63, 3.8) is 0 Å². The Morgan fingerprint density at radius 2 is 1.90 bits per heavy atom. The molecule has 0 saturated heterocycles. The number of anilines is 1. The van der Waals surface area contributed by atoms with Gasteiger partial charge in [-0.15, -0.1) is 11.3 Å². The molecule has 0 aliphatic heterocycles. The fraction of sp³-hybridized carbons (Fsp3) is 0.0455. The summed E-state index contributed by atoms with van der Waals surface area (Å²) >= 11 is 1.52. The molecular formula is C22H15FN2O3S. The number of carbonyl (C=O) groups is 2. The highest BCUT2D eigenvalue weighted by molar-refractivity contribution is 7.13.